The molecule has 0 saturated carbocycles. The molecule has 2 atom stereocenters. The minimum Gasteiger partial charge on any atom is -0.497 e. The van der Waals surface area contributed by atoms with Crippen LogP contribution in [0.2, 0.25) is 0 Å². The highest BCUT2D eigenvalue weighted by atomic mass is 32.2. The number of nitrogens with two attached hydrogens (primary N) is 1. The van der Waals surface area contributed by atoms with Crippen LogP contribution in [-0.4, -0.2) is 23.1 Å². The van der Waals surface area contributed by atoms with Gasteiger partial charge in [-0.15, -0.1) is 0 Å². The SMILES string of the molecule is CCC(CCN)S(=O)c1cccc(OC)c1. The van der Waals surface area contributed by atoms with Crippen LogP contribution >= 0.6 is 0 Å². The third-order valence-corrected chi connectivity index (χ3v) is 4.41. The monoisotopic (exact) mass is 241 g/mol. The Morgan fingerprint density at radius 2 is 2.25 bits per heavy atom. The van der Waals surface area contributed by atoms with Crippen LogP contribution in [0.1, 0.15) is 19.8 Å². The number of benzene rings is 1. The largest absolute Gasteiger partial charge is 0.497 e. The Bertz CT molecular complexity index is 355. The van der Waals surface area contributed by atoms with E-state index < -0.39 is 10.8 Å². The molecule has 0 spiro atoms. The van der Waals surface area contributed by atoms with Crippen LogP contribution in [0.15, 0.2) is 29.2 Å². The Balaban J connectivity index is 2.85. The van der Waals surface area contributed by atoms with Gasteiger partial charge in [0.1, 0.15) is 5.75 Å². The minimum absolute atomic E-state index is 0.136. The summed E-state index contributed by atoms with van der Waals surface area (Å²) in [5.74, 6) is 0.744. The van der Waals surface area contributed by atoms with Gasteiger partial charge in [0, 0.05) is 10.1 Å². The Morgan fingerprint density at radius 3 is 2.81 bits per heavy atom. The molecule has 16 heavy (non-hydrogen) atoms. The molecule has 1 aromatic rings. The van der Waals surface area contributed by atoms with Gasteiger partial charge in [-0.3, -0.25) is 4.21 Å². The van der Waals surface area contributed by atoms with E-state index in [0.717, 1.165) is 23.5 Å². The molecular weight excluding hydrogens is 222 g/mol. The summed E-state index contributed by atoms with van der Waals surface area (Å²) in [4.78, 5) is 0.819. The molecule has 0 aliphatic heterocycles. The molecule has 0 fully saturated rings. The van der Waals surface area contributed by atoms with Gasteiger partial charge in [-0.2, -0.15) is 0 Å². The number of methoxy groups -OCH3 is 1. The van der Waals surface area contributed by atoms with Crippen LogP contribution in [0.25, 0.3) is 0 Å². The van der Waals surface area contributed by atoms with Crippen LogP contribution in [-0.2, 0) is 10.8 Å². The smallest absolute Gasteiger partial charge is 0.120 e. The van der Waals surface area contributed by atoms with Crippen molar-refractivity contribution < 1.29 is 8.95 Å². The molecule has 0 aliphatic carbocycles. The highest BCUT2D eigenvalue weighted by molar-refractivity contribution is 7.85. The lowest BCUT2D eigenvalue weighted by Gasteiger charge is -2.13. The summed E-state index contributed by atoms with van der Waals surface area (Å²) in [6.45, 7) is 2.62. The molecule has 0 bridgehead atoms. The van der Waals surface area contributed by atoms with Crippen LogP contribution in [0, 0.1) is 0 Å². The quantitative estimate of drug-likeness (QED) is 0.828. The fraction of sp³-hybridized carbons (Fsp3) is 0.500. The Kier molecular flexibility index (Phi) is 5.49. The third kappa shape index (κ3) is 3.32. The summed E-state index contributed by atoms with van der Waals surface area (Å²) in [6.07, 6.45) is 1.67. The lowest BCUT2D eigenvalue weighted by molar-refractivity contribution is 0.413. The van der Waals surface area contributed by atoms with Gasteiger partial charge in [0.05, 0.1) is 17.9 Å². The maximum atomic E-state index is 12.2. The molecule has 0 aliphatic rings. The van der Waals surface area contributed by atoms with E-state index in [4.69, 9.17) is 10.5 Å². The van der Waals surface area contributed by atoms with Crippen molar-refractivity contribution in [3.8, 4) is 5.75 Å². The standard InChI is InChI=1S/C12H19NO2S/c1-3-11(7-8-13)16(14)12-6-4-5-10(9-12)15-2/h4-6,9,11H,3,7-8,13H2,1-2H3. The summed E-state index contributed by atoms with van der Waals surface area (Å²) in [5.41, 5.74) is 5.52. The maximum absolute atomic E-state index is 12.2. The summed E-state index contributed by atoms with van der Waals surface area (Å²) < 4.78 is 17.4. The zero-order valence-electron chi connectivity index (χ0n) is 9.81. The van der Waals surface area contributed by atoms with Gasteiger partial charge in [-0.25, -0.2) is 0 Å². The number of ether oxygens (including phenoxy) is 1. The molecule has 1 rings (SSSR count). The lowest BCUT2D eigenvalue weighted by atomic mass is 10.2. The van der Waals surface area contributed by atoms with Crippen molar-refractivity contribution in [2.45, 2.75) is 29.9 Å². The topological polar surface area (TPSA) is 52.3 Å². The average molecular weight is 241 g/mol. The molecule has 0 aromatic heterocycles. The molecule has 90 valence electrons. The first-order chi connectivity index (χ1) is 7.72. The lowest BCUT2D eigenvalue weighted by Crippen LogP contribution is -2.18. The Morgan fingerprint density at radius 1 is 1.50 bits per heavy atom. The van der Waals surface area contributed by atoms with E-state index in [1.54, 1.807) is 7.11 Å². The minimum atomic E-state index is -0.993. The average Bonchev–Trinajstić information content (AvgIpc) is 2.35. The zero-order chi connectivity index (χ0) is 12.0. The van der Waals surface area contributed by atoms with E-state index in [9.17, 15) is 4.21 Å². The molecule has 0 heterocycles. The predicted molar refractivity (Wildman–Crippen MR) is 67.2 cm³/mol. The van der Waals surface area contributed by atoms with Gasteiger partial charge in [0.25, 0.3) is 0 Å². The highest BCUT2D eigenvalue weighted by Gasteiger charge is 2.16. The van der Waals surface area contributed by atoms with Gasteiger partial charge < -0.3 is 10.5 Å². The molecule has 0 saturated heterocycles. The van der Waals surface area contributed by atoms with Crippen LogP contribution < -0.4 is 10.5 Å². The van der Waals surface area contributed by atoms with Crippen molar-refractivity contribution >= 4 is 10.8 Å². The molecule has 0 radical (unpaired) electrons. The summed E-state index contributed by atoms with van der Waals surface area (Å²) in [6, 6.07) is 7.42. The Labute approximate surface area is 99.4 Å². The molecule has 0 amide bonds. The van der Waals surface area contributed by atoms with Gasteiger partial charge in [-0.1, -0.05) is 13.0 Å². The van der Waals surface area contributed by atoms with Crippen LogP contribution in [0.4, 0.5) is 0 Å². The number of hydrogen-bond donors (Lipinski definition) is 1. The van der Waals surface area contributed by atoms with E-state index in [2.05, 4.69) is 0 Å². The summed E-state index contributed by atoms with van der Waals surface area (Å²) >= 11 is 0. The second-order valence-electron chi connectivity index (χ2n) is 3.58. The molecular formula is C12H19NO2S. The van der Waals surface area contributed by atoms with E-state index >= 15 is 0 Å². The normalized spacial score (nSPS) is 14.4. The molecule has 4 heteroatoms. The second kappa shape index (κ2) is 6.66. The fourth-order valence-corrected chi connectivity index (χ4v) is 3.05. The first-order valence-electron chi connectivity index (χ1n) is 5.47. The summed E-state index contributed by atoms with van der Waals surface area (Å²) in [5, 5.41) is 0.136. The van der Waals surface area contributed by atoms with Crippen molar-refractivity contribution in [1.29, 1.82) is 0 Å². The van der Waals surface area contributed by atoms with Crippen molar-refractivity contribution in [2.75, 3.05) is 13.7 Å². The van der Waals surface area contributed by atoms with Crippen molar-refractivity contribution in [2.24, 2.45) is 5.73 Å². The number of hydrogen-bond acceptors (Lipinski definition) is 3. The van der Waals surface area contributed by atoms with Crippen molar-refractivity contribution in [1.82, 2.24) is 0 Å². The second-order valence-corrected chi connectivity index (χ2v) is 5.32. The molecule has 2 unspecified atom stereocenters. The van der Waals surface area contributed by atoms with Crippen LogP contribution in [0.5, 0.6) is 5.75 Å². The van der Waals surface area contributed by atoms with Crippen molar-refractivity contribution in [3.05, 3.63) is 24.3 Å². The third-order valence-electron chi connectivity index (χ3n) is 2.52. The van der Waals surface area contributed by atoms with Gasteiger partial charge in [0.15, 0.2) is 0 Å². The van der Waals surface area contributed by atoms with E-state index in [-0.39, 0.29) is 5.25 Å². The first-order valence-corrected chi connectivity index (χ1v) is 6.69. The van der Waals surface area contributed by atoms with Gasteiger partial charge in [0.2, 0.25) is 0 Å². The Hall–Kier alpha value is -0.870. The zero-order valence-corrected chi connectivity index (χ0v) is 10.6. The van der Waals surface area contributed by atoms with E-state index in [0.29, 0.717) is 6.54 Å². The van der Waals surface area contributed by atoms with Crippen molar-refractivity contribution in [3.63, 3.8) is 0 Å². The predicted octanol–water partition coefficient (Wildman–Crippen LogP) is 1.93. The van der Waals surface area contributed by atoms with Crippen LogP contribution in [0.3, 0.4) is 0 Å². The molecule has 3 nitrogen and oxygen atoms in total. The summed E-state index contributed by atoms with van der Waals surface area (Å²) in [7, 11) is 0.617. The number of rotatable bonds is 6. The molecule has 1 aromatic carbocycles. The molecule has 2 N–H and O–H groups in total. The maximum Gasteiger partial charge on any atom is 0.120 e. The van der Waals surface area contributed by atoms with E-state index in [1.165, 1.54) is 0 Å². The highest BCUT2D eigenvalue weighted by Crippen LogP contribution is 2.20. The fourth-order valence-electron chi connectivity index (χ4n) is 1.57. The first kappa shape index (κ1) is 13.2. The van der Waals surface area contributed by atoms with Gasteiger partial charge >= 0.3 is 0 Å². The van der Waals surface area contributed by atoms with E-state index in [1.807, 2.05) is 31.2 Å². The van der Waals surface area contributed by atoms with Gasteiger partial charge in [-0.05, 0) is 37.6 Å².